The lowest BCUT2D eigenvalue weighted by Crippen LogP contribution is -2.51. The first-order valence-electron chi connectivity index (χ1n) is 6.14. The van der Waals surface area contributed by atoms with Gasteiger partial charge in [-0.15, -0.1) is 0 Å². The van der Waals surface area contributed by atoms with Crippen molar-refractivity contribution < 1.29 is 18.4 Å². The van der Waals surface area contributed by atoms with E-state index in [4.69, 9.17) is 5.11 Å². The Morgan fingerprint density at radius 2 is 2.00 bits per heavy atom. The van der Waals surface area contributed by atoms with E-state index in [1.165, 1.54) is 10.4 Å². The fourth-order valence-electron chi connectivity index (χ4n) is 2.16. The summed E-state index contributed by atoms with van der Waals surface area (Å²) >= 11 is 0. The predicted molar refractivity (Wildman–Crippen MR) is 71.9 cm³/mol. The van der Waals surface area contributed by atoms with Gasteiger partial charge in [-0.25, -0.2) is 8.42 Å². The summed E-state index contributed by atoms with van der Waals surface area (Å²) in [6, 6.07) is 2.46. The molecule has 1 aliphatic rings. The van der Waals surface area contributed by atoms with Gasteiger partial charge in [-0.2, -0.15) is 4.31 Å². The molecule has 0 aromatic heterocycles. The SMILES string of the molecule is Cc1cc([N+](=O)[O-])cc(S(=O)(=O)N2CC(CO)C2)c1C. The third-order valence-electron chi connectivity index (χ3n) is 3.61. The van der Waals surface area contributed by atoms with Crippen LogP contribution in [0.2, 0.25) is 0 Å². The van der Waals surface area contributed by atoms with Crippen LogP contribution in [-0.2, 0) is 10.0 Å². The minimum absolute atomic E-state index is 0.0272. The highest BCUT2D eigenvalue weighted by Crippen LogP contribution is 2.31. The molecule has 1 aromatic carbocycles. The summed E-state index contributed by atoms with van der Waals surface area (Å²) in [7, 11) is -3.74. The van der Waals surface area contributed by atoms with Crippen LogP contribution in [0.1, 0.15) is 11.1 Å². The highest BCUT2D eigenvalue weighted by Gasteiger charge is 2.37. The predicted octanol–water partition coefficient (Wildman–Crippen LogP) is 0.824. The topological polar surface area (TPSA) is 101 Å². The van der Waals surface area contributed by atoms with Crippen molar-refractivity contribution in [3.05, 3.63) is 33.4 Å². The van der Waals surface area contributed by atoms with Crippen LogP contribution in [-0.4, -0.2) is 42.4 Å². The number of nitro benzene ring substituents is 1. The second-order valence-corrected chi connectivity index (χ2v) is 6.92. The molecule has 1 heterocycles. The number of hydrogen-bond donors (Lipinski definition) is 1. The molecule has 1 saturated heterocycles. The summed E-state index contributed by atoms with van der Waals surface area (Å²) in [6.07, 6.45) is 0. The van der Waals surface area contributed by atoms with Crippen LogP contribution in [0.25, 0.3) is 0 Å². The van der Waals surface area contributed by atoms with Crippen molar-refractivity contribution in [1.29, 1.82) is 0 Å². The van der Waals surface area contributed by atoms with Gasteiger partial charge in [0, 0.05) is 37.7 Å². The summed E-state index contributed by atoms with van der Waals surface area (Å²) in [6.45, 7) is 3.72. The summed E-state index contributed by atoms with van der Waals surface area (Å²) in [4.78, 5) is 10.2. The number of sulfonamides is 1. The second-order valence-electron chi connectivity index (χ2n) is 5.01. The second kappa shape index (κ2) is 5.12. The lowest BCUT2D eigenvalue weighted by atomic mass is 10.1. The standard InChI is InChI=1S/C12H16N2O5S/c1-8-3-11(14(16)17)4-12(9(8)2)20(18,19)13-5-10(6-13)7-15/h3-4,10,15H,5-7H2,1-2H3. The lowest BCUT2D eigenvalue weighted by molar-refractivity contribution is -0.385. The van der Waals surface area contributed by atoms with E-state index in [1.807, 2.05) is 0 Å². The Morgan fingerprint density at radius 3 is 2.50 bits per heavy atom. The van der Waals surface area contributed by atoms with Gasteiger partial charge >= 0.3 is 0 Å². The van der Waals surface area contributed by atoms with Crippen molar-refractivity contribution in [3.63, 3.8) is 0 Å². The number of rotatable bonds is 4. The number of nitrogens with zero attached hydrogens (tertiary/aromatic N) is 2. The van der Waals surface area contributed by atoms with Gasteiger partial charge in [-0.3, -0.25) is 10.1 Å². The number of hydrogen-bond acceptors (Lipinski definition) is 5. The molecule has 0 amide bonds. The molecule has 0 spiro atoms. The summed E-state index contributed by atoms with van der Waals surface area (Å²) in [5.41, 5.74) is 0.853. The Morgan fingerprint density at radius 1 is 1.40 bits per heavy atom. The van der Waals surface area contributed by atoms with Crippen molar-refractivity contribution in [3.8, 4) is 0 Å². The Kier molecular flexibility index (Phi) is 3.81. The zero-order valence-corrected chi connectivity index (χ0v) is 12.1. The molecule has 8 heteroatoms. The van der Waals surface area contributed by atoms with Crippen LogP contribution in [0, 0.1) is 29.9 Å². The molecule has 1 aromatic rings. The Labute approximate surface area is 117 Å². The maximum absolute atomic E-state index is 12.4. The van der Waals surface area contributed by atoms with E-state index in [0.717, 1.165) is 6.07 Å². The molecule has 20 heavy (non-hydrogen) atoms. The van der Waals surface area contributed by atoms with Crippen LogP contribution >= 0.6 is 0 Å². The largest absolute Gasteiger partial charge is 0.396 e. The van der Waals surface area contributed by atoms with Crippen LogP contribution in [0.4, 0.5) is 5.69 Å². The molecule has 0 radical (unpaired) electrons. The quantitative estimate of drug-likeness (QED) is 0.655. The van der Waals surface area contributed by atoms with E-state index < -0.39 is 14.9 Å². The third kappa shape index (κ3) is 2.41. The maximum Gasteiger partial charge on any atom is 0.271 e. The molecule has 7 nitrogen and oxygen atoms in total. The number of benzene rings is 1. The zero-order chi connectivity index (χ0) is 15.1. The molecule has 1 N–H and O–H groups in total. The van der Waals surface area contributed by atoms with Gasteiger partial charge in [-0.05, 0) is 25.0 Å². The van der Waals surface area contributed by atoms with Gasteiger partial charge < -0.3 is 5.11 Å². The molecule has 0 unspecified atom stereocenters. The first-order valence-corrected chi connectivity index (χ1v) is 7.58. The van der Waals surface area contributed by atoms with Gasteiger partial charge in [0.25, 0.3) is 5.69 Å². The van der Waals surface area contributed by atoms with E-state index in [9.17, 15) is 18.5 Å². The fourth-order valence-corrected chi connectivity index (χ4v) is 4.07. The minimum Gasteiger partial charge on any atom is -0.396 e. The van der Waals surface area contributed by atoms with Crippen molar-refractivity contribution in [1.82, 2.24) is 4.31 Å². The number of non-ortho nitro benzene ring substituents is 1. The number of aliphatic hydroxyl groups excluding tert-OH is 1. The van der Waals surface area contributed by atoms with Gasteiger partial charge in [0.05, 0.1) is 9.82 Å². The third-order valence-corrected chi connectivity index (χ3v) is 5.57. The van der Waals surface area contributed by atoms with Crippen molar-refractivity contribution in [2.24, 2.45) is 5.92 Å². The van der Waals surface area contributed by atoms with Crippen LogP contribution in [0.5, 0.6) is 0 Å². The molecule has 1 fully saturated rings. The molecule has 0 aliphatic carbocycles. The molecule has 110 valence electrons. The van der Waals surface area contributed by atoms with E-state index in [-0.39, 0.29) is 36.2 Å². The molecule has 0 atom stereocenters. The van der Waals surface area contributed by atoms with Crippen molar-refractivity contribution >= 4 is 15.7 Å². The number of nitro groups is 1. The first-order chi connectivity index (χ1) is 9.27. The summed E-state index contributed by atoms with van der Waals surface area (Å²) in [5, 5.41) is 19.8. The fraction of sp³-hybridized carbons (Fsp3) is 0.500. The average Bonchev–Trinajstić information content (AvgIpc) is 2.30. The Hall–Kier alpha value is -1.51. The highest BCUT2D eigenvalue weighted by molar-refractivity contribution is 7.89. The molecule has 0 saturated carbocycles. The van der Waals surface area contributed by atoms with E-state index in [2.05, 4.69) is 0 Å². The van der Waals surface area contributed by atoms with Gasteiger partial charge in [0.1, 0.15) is 0 Å². The number of aliphatic hydroxyl groups is 1. The molecular formula is C12H16N2O5S. The highest BCUT2D eigenvalue weighted by atomic mass is 32.2. The molecule has 1 aliphatic heterocycles. The van der Waals surface area contributed by atoms with Gasteiger partial charge in [0.15, 0.2) is 0 Å². The summed E-state index contributed by atoms with van der Waals surface area (Å²) < 4.78 is 26.1. The summed E-state index contributed by atoms with van der Waals surface area (Å²) in [5.74, 6) is -0.0510. The van der Waals surface area contributed by atoms with Crippen LogP contribution in [0.3, 0.4) is 0 Å². The lowest BCUT2D eigenvalue weighted by Gasteiger charge is -2.37. The van der Waals surface area contributed by atoms with Gasteiger partial charge in [0.2, 0.25) is 10.0 Å². The zero-order valence-electron chi connectivity index (χ0n) is 11.2. The Balaban J connectivity index is 2.44. The van der Waals surface area contributed by atoms with Gasteiger partial charge in [-0.1, -0.05) is 0 Å². The van der Waals surface area contributed by atoms with Crippen molar-refractivity contribution in [2.45, 2.75) is 18.7 Å². The number of aryl methyl sites for hydroxylation is 1. The monoisotopic (exact) mass is 300 g/mol. The Bertz CT molecular complexity index is 650. The van der Waals surface area contributed by atoms with E-state index >= 15 is 0 Å². The molecule has 2 rings (SSSR count). The normalized spacial score (nSPS) is 16.9. The molecular weight excluding hydrogens is 284 g/mol. The molecule has 0 bridgehead atoms. The van der Waals surface area contributed by atoms with E-state index in [0.29, 0.717) is 11.1 Å². The van der Waals surface area contributed by atoms with Crippen LogP contribution in [0.15, 0.2) is 17.0 Å². The first kappa shape index (κ1) is 14.9. The smallest absolute Gasteiger partial charge is 0.271 e. The van der Waals surface area contributed by atoms with Crippen molar-refractivity contribution in [2.75, 3.05) is 19.7 Å². The minimum atomic E-state index is -3.74. The van der Waals surface area contributed by atoms with Crippen LogP contribution < -0.4 is 0 Å². The van der Waals surface area contributed by atoms with E-state index in [1.54, 1.807) is 13.8 Å². The average molecular weight is 300 g/mol. The maximum atomic E-state index is 12.4.